The smallest absolute Gasteiger partial charge is 0.309 e. The molecule has 1 aliphatic rings. The van der Waals surface area contributed by atoms with E-state index >= 15 is 0 Å². The van der Waals surface area contributed by atoms with Gasteiger partial charge in [-0.2, -0.15) is 0 Å². The summed E-state index contributed by atoms with van der Waals surface area (Å²) in [7, 11) is 1.56. The van der Waals surface area contributed by atoms with Crippen LogP contribution in [0.2, 0.25) is 0 Å². The summed E-state index contributed by atoms with van der Waals surface area (Å²) in [4.78, 5) is 27.0. The van der Waals surface area contributed by atoms with Crippen LogP contribution in [0.1, 0.15) is 32.6 Å². The highest BCUT2D eigenvalue weighted by atomic mass is 16.6. The second kappa shape index (κ2) is 11.6. The summed E-state index contributed by atoms with van der Waals surface area (Å²) in [5, 5.41) is 0. The monoisotopic (exact) mass is 377 g/mol. The van der Waals surface area contributed by atoms with Crippen LogP contribution in [0.5, 0.6) is 0 Å². The van der Waals surface area contributed by atoms with Gasteiger partial charge in [0.1, 0.15) is 13.2 Å². The van der Waals surface area contributed by atoms with Gasteiger partial charge in [0.2, 0.25) is 0 Å². The van der Waals surface area contributed by atoms with Crippen LogP contribution in [0.25, 0.3) is 0 Å². The lowest BCUT2D eigenvalue weighted by atomic mass is 9.79. The van der Waals surface area contributed by atoms with Crippen molar-refractivity contribution in [2.45, 2.75) is 32.6 Å². The maximum Gasteiger partial charge on any atom is 0.309 e. The Hall–Kier alpha value is -2.08. The normalized spacial score (nSPS) is 19.3. The molecule has 0 amide bonds. The number of methoxy groups -OCH3 is 1. The van der Waals surface area contributed by atoms with Crippen LogP contribution in [-0.4, -0.2) is 52.0 Å². The third-order valence-electron chi connectivity index (χ3n) is 5.01. The number of carbonyl (C=O) groups excluding carboxylic acids is 2. The summed E-state index contributed by atoms with van der Waals surface area (Å²) in [5.41, 5.74) is 1.10. The molecule has 2 atom stereocenters. The Labute approximate surface area is 161 Å². The fraction of sp³-hybridized carbons (Fsp3) is 0.619. The first-order valence-electron chi connectivity index (χ1n) is 9.79. The number of hydrogen-bond donors (Lipinski definition) is 0. The van der Waals surface area contributed by atoms with Crippen molar-refractivity contribution in [1.82, 2.24) is 0 Å². The lowest BCUT2D eigenvalue weighted by molar-refractivity contribution is -0.163. The number of hydrogen-bond acceptors (Lipinski definition) is 6. The van der Waals surface area contributed by atoms with Crippen molar-refractivity contribution in [2.24, 2.45) is 11.8 Å². The Morgan fingerprint density at radius 3 is 2.11 bits per heavy atom. The highest BCUT2D eigenvalue weighted by molar-refractivity contribution is 5.82. The minimum Gasteiger partial charge on any atom is -0.464 e. The van der Waals surface area contributed by atoms with Crippen molar-refractivity contribution in [3.8, 4) is 0 Å². The number of esters is 2. The molecule has 1 aromatic rings. The zero-order chi connectivity index (χ0) is 19.5. The second-order valence-corrected chi connectivity index (χ2v) is 6.74. The molecule has 0 aliphatic heterocycles. The van der Waals surface area contributed by atoms with E-state index in [9.17, 15) is 9.59 Å². The van der Waals surface area contributed by atoms with Crippen LogP contribution in [0.4, 0.5) is 5.69 Å². The summed E-state index contributed by atoms with van der Waals surface area (Å²) in [6.07, 6.45) is 3.23. The van der Waals surface area contributed by atoms with E-state index in [1.807, 2.05) is 30.3 Å². The Bertz CT molecular complexity index is 577. The number of likely N-dealkylation sites (N-methyl/N-ethyl adjacent to an activating group) is 1. The summed E-state index contributed by atoms with van der Waals surface area (Å²) < 4.78 is 15.7. The minimum absolute atomic E-state index is 0.218. The van der Waals surface area contributed by atoms with Gasteiger partial charge in [-0.05, 0) is 31.9 Å². The van der Waals surface area contributed by atoms with Gasteiger partial charge in [0.05, 0.1) is 25.0 Å². The molecule has 0 radical (unpaired) electrons. The van der Waals surface area contributed by atoms with Gasteiger partial charge in [0.15, 0.2) is 0 Å². The Balaban J connectivity index is 1.84. The van der Waals surface area contributed by atoms with E-state index < -0.39 is 11.8 Å². The maximum atomic E-state index is 12.6. The number of ether oxygens (including phenoxy) is 3. The van der Waals surface area contributed by atoms with Crippen molar-refractivity contribution in [3.05, 3.63) is 30.3 Å². The zero-order valence-corrected chi connectivity index (χ0v) is 16.4. The fourth-order valence-corrected chi connectivity index (χ4v) is 3.50. The van der Waals surface area contributed by atoms with Crippen LogP contribution in [-0.2, 0) is 23.8 Å². The standard InChI is InChI=1S/C21H31NO5/c1-3-22(17-9-5-4-6-10-17)13-14-26-20(23)18-11-7-8-12-19(18)21(24)27-16-15-25-2/h4-6,9-10,18-19H,3,7-8,11-16H2,1-2H3. The number of rotatable bonds is 10. The Morgan fingerprint density at radius 1 is 0.963 bits per heavy atom. The lowest BCUT2D eigenvalue weighted by Gasteiger charge is -2.29. The topological polar surface area (TPSA) is 65.1 Å². The maximum absolute atomic E-state index is 12.6. The van der Waals surface area contributed by atoms with Crippen LogP contribution in [0, 0.1) is 11.8 Å². The molecule has 2 rings (SSSR count). The van der Waals surface area contributed by atoms with Gasteiger partial charge in [0, 0.05) is 19.3 Å². The second-order valence-electron chi connectivity index (χ2n) is 6.74. The van der Waals surface area contributed by atoms with Gasteiger partial charge in [-0.25, -0.2) is 0 Å². The third kappa shape index (κ3) is 6.54. The molecule has 6 heteroatoms. The third-order valence-corrected chi connectivity index (χ3v) is 5.01. The first-order valence-corrected chi connectivity index (χ1v) is 9.79. The number of nitrogens with zero attached hydrogens (tertiary/aromatic N) is 1. The van der Waals surface area contributed by atoms with Gasteiger partial charge in [0.25, 0.3) is 0 Å². The van der Waals surface area contributed by atoms with E-state index in [2.05, 4.69) is 11.8 Å². The van der Waals surface area contributed by atoms with Gasteiger partial charge >= 0.3 is 11.9 Å². The molecule has 0 N–H and O–H groups in total. The van der Waals surface area contributed by atoms with Crippen LogP contribution < -0.4 is 4.90 Å². The highest BCUT2D eigenvalue weighted by Gasteiger charge is 2.37. The van der Waals surface area contributed by atoms with E-state index in [1.54, 1.807) is 7.11 Å². The molecule has 1 saturated carbocycles. The fourth-order valence-electron chi connectivity index (χ4n) is 3.50. The molecule has 150 valence electrons. The molecule has 0 aromatic heterocycles. The molecule has 0 saturated heterocycles. The predicted molar refractivity (Wildman–Crippen MR) is 104 cm³/mol. The minimum atomic E-state index is -0.403. The average molecular weight is 377 g/mol. The highest BCUT2D eigenvalue weighted by Crippen LogP contribution is 2.32. The molecule has 1 fully saturated rings. The SMILES string of the molecule is CCN(CCOC(=O)C1CCCCC1C(=O)OCCOC)c1ccccc1. The van der Waals surface area contributed by atoms with E-state index in [-0.39, 0.29) is 18.5 Å². The number of carbonyl (C=O) groups is 2. The molecule has 27 heavy (non-hydrogen) atoms. The van der Waals surface area contributed by atoms with Crippen LogP contribution in [0.15, 0.2) is 30.3 Å². The lowest BCUT2D eigenvalue weighted by Crippen LogP contribution is -2.36. The quantitative estimate of drug-likeness (QED) is 0.461. The van der Waals surface area contributed by atoms with Gasteiger partial charge in [-0.1, -0.05) is 31.0 Å². The van der Waals surface area contributed by atoms with Crippen molar-refractivity contribution in [3.63, 3.8) is 0 Å². The van der Waals surface area contributed by atoms with Crippen LogP contribution in [0.3, 0.4) is 0 Å². The first-order chi connectivity index (χ1) is 13.2. The van der Waals surface area contributed by atoms with Crippen molar-refractivity contribution in [1.29, 1.82) is 0 Å². The van der Waals surface area contributed by atoms with Crippen molar-refractivity contribution < 1.29 is 23.8 Å². The molecule has 0 bridgehead atoms. The summed E-state index contributed by atoms with van der Waals surface area (Å²) in [5.74, 6) is -1.40. The summed E-state index contributed by atoms with van der Waals surface area (Å²) in [6.45, 7) is 4.42. The van der Waals surface area contributed by atoms with Gasteiger partial charge in [-0.15, -0.1) is 0 Å². The van der Waals surface area contributed by atoms with Crippen molar-refractivity contribution in [2.75, 3.05) is 44.9 Å². The van der Waals surface area contributed by atoms with E-state index in [1.165, 1.54) is 0 Å². The summed E-state index contributed by atoms with van der Waals surface area (Å²) >= 11 is 0. The molecular weight excluding hydrogens is 346 g/mol. The predicted octanol–water partition coefficient (Wildman–Crippen LogP) is 3.05. The number of anilines is 1. The average Bonchev–Trinajstić information content (AvgIpc) is 2.72. The molecule has 2 unspecified atom stereocenters. The van der Waals surface area contributed by atoms with Crippen LogP contribution >= 0.6 is 0 Å². The van der Waals surface area contributed by atoms with E-state index in [4.69, 9.17) is 14.2 Å². The van der Waals surface area contributed by atoms with Gasteiger partial charge in [-0.3, -0.25) is 9.59 Å². The first kappa shape index (κ1) is 21.2. The van der Waals surface area contributed by atoms with E-state index in [0.29, 0.717) is 32.6 Å². The molecule has 0 heterocycles. The molecular formula is C21H31NO5. The Kier molecular flexibility index (Phi) is 9.11. The summed E-state index contributed by atoms with van der Waals surface area (Å²) in [6, 6.07) is 10.0. The Morgan fingerprint density at radius 2 is 1.56 bits per heavy atom. The van der Waals surface area contributed by atoms with E-state index in [0.717, 1.165) is 25.1 Å². The molecule has 0 spiro atoms. The van der Waals surface area contributed by atoms with Gasteiger partial charge < -0.3 is 19.1 Å². The molecule has 6 nitrogen and oxygen atoms in total. The molecule has 1 aliphatic carbocycles. The molecule has 1 aromatic carbocycles. The number of benzene rings is 1. The zero-order valence-electron chi connectivity index (χ0n) is 16.4. The van der Waals surface area contributed by atoms with Crippen molar-refractivity contribution >= 4 is 17.6 Å². The number of para-hydroxylation sites is 1. The largest absolute Gasteiger partial charge is 0.464 e.